The average Bonchev–Trinajstić information content (AvgIpc) is 2.48. The van der Waals surface area contributed by atoms with Crippen molar-refractivity contribution in [3.8, 4) is 11.1 Å². The highest BCUT2D eigenvalue weighted by molar-refractivity contribution is 5.71. The Kier molecular flexibility index (Phi) is 4.72. The van der Waals surface area contributed by atoms with Gasteiger partial charge in [0.1, 0.15) is 0 Å². The lowest BCUT2D eigenvalue weighted by molar-refractivity contribution is -0.141. The van der Waals surface area contributed by atoms with E-state index in [1.165, 1.54) is 0 Å². The van der Waals surface area contributed by atoms with Gasteiger partial charge in [0.05, 0.1) is 5.92 Å². The number of carboxylic acid groups (broad SMARTS) is 1. The third-order valence-corrected chi connectivity index (χ3v) is 3.32. The molecule has 0 aliphatic carbocycles. The van der Waals surface area contributed by atoms with Gasteiger partial charge in [0.2, 0.25) is 0 Å². The molecule has 0 heterocycles. The van der Waals surface area contributed by atoms with Crippen molar-refractivity contribution < 1.29 is 9.90 Å². The Bertz CT molecular complexity index is 587. The first-order chi connectivity index (χ1) is 9.70. The Morgan fingerprint density at radius 2 is 1.80 bits per heavy atom. The highest BCUT2D eigenvalue weighted by atomic mass is 16.4. The maximum absolute atomic E-state index is 11.2. The van der Waals surface area contributed by atoms with Crippen molar-refractivity contribution in [3.63, 3.8) is 0 Å². The SMILES string of the molecule is C=CCC(Cc1cccc(-c2ccccc2)c1)C(=O)O. The zero-order valence-corrected chi connectivity index (χ0v) is 11.3. The number of allylic oxidation sites excluding steroid dienone is 1. The van der Waals surface area contributed by atoms with E-state index in [0.29, 0.717) is 12.8 Å². The molecule has 0 spiro atoms. The largest absolute Gasteiger partial charge is 0.481 e. The lowest BCUT2D eigenvalue weighted by Gasteiger charge is -2.11. The van der Waals surface area contributed by atoms with Crippen LogP contribution in [0.4, 0.5) is 0 Å². The average molecular weight is 266 g/mol. The van der Waals surface area contributed by atoms with Crippen LogP contribution >= 0.6 is 0 Å². The van der Waals surface area contributed by atoms with Crippen LogP contribution in [0.1, 0.15) is 12.0 Å². The van der Waals surface area contributed by atoms with Crippen LogP contribution in [0, 0.1) is 5.92 Å². The summed E-state index contributed by atoms with van der Waals surface area (Å²) in [5.41, 5.74) is 3.30. The van der Waals surface area contributed by atoms with E-state index >= 15 is 0 Å². The van der Waals surface area contributed by atoms with Crippen molar-refractivity contribution in [2.24, 2.45) is 5.92 Å². The minimum atomic E-state index is -0.769. The van der Waals surface area contributed by atoms with Crippen LogP contribution in [0.3, 0.4) is 0 Å². The standard InChI is InChI=1S/C18H18O2/c1-2-7-17(18(19)20)13-14-8-6-11-16(12-14)15-9-4-3-5-10-15/h2-6,8-12,17H,1,7,13H2,(H,19,20). The maximum Gasteiger partial charge on any atom is 0.307 e. The summed E-state index contributed by atoms with van der Waals surface area (Å²) < 4.78 is 0. The van der Waals surface area contributed by atoms with Gasteiger partial charge in [0.15, 0.2) is 0 Å². The number of hydrogen-bond acceptors (Lipinski definition) is 1. The zero-order valence-electron chi connectivity index (χ0n) is 11.3. The van der Waals surface area contributed by atoms with E-state index in [2.05, 4.69) is 24.8 Å². The predicted molar refractivity (Wildman–Crippen MR) is 81.5 cm³/mol. The number of rotatable bonds is 6. The molecule has 0 aromatic heterocycles. The molecule has 2 nitrogen and oxygen atoms in total. The van der Waals surface area contributed by atoms with E-state index in [4.69, 9.17) is 0 Å². The van der Waals surface area contributed by atoms with E-state index in [9.17, 15) is 9.90 Å². The normalized spacial score (nSPS) is 11.8. The van der Waals surface area contributed by atoms with Crippen LogP contribution in [0.5, 0.6) is 0 Å². The highest BCUT2D eigenvalue weighted by Crippen LogP contribution is 2.22. The Morgan fingerprint density at radius 1 is 1.10 bits per heavy atom. The van der Waals surface area contributed by atoms with Crippen LogP contribution in [0.25, 0.3) is 11.1 Å². The number of aliphatic carboxylic acids is 1. The van der Waals surface area contributed by atoms with Gasteiger partial charge in [-0.25, -0.2) is 0 Å². The Balaban J connectivity index is 2.21. The van der Waals surface area contributed by atoms with E-state index in [-0.39, 0.29) is 0 Å². The summed E-state index contributed by atoms with van der Waals surface area (Å²) in [6.45, 7) is 3.63. The fourth-order valence-corrected chi connectivity index (χ4v) is 2.27. The van der Waals surface area contributed by atoms with E-state index in [1.807, 2.05) is 36.4 Å². The Morgan fingerprint density at radius 3 is 2.45 bits per heavy atom. The second-order valence-corrected chi connectivity index (χ2v) is 4.83. The van der Waals surface area contributed by atoms with Crippen molar-refractivity contribution in [3.05, 3.63) is 72.8 Å². The molecule has 0 saturated carbocycles. The topological polar surface area (TPSA) is 37.3 Å². The second-order valence-electron chi connectivity index (χ2n) is 4.83. The van der Waals surface area contributed by atoms with Crippen LogP contribution in [-0.4, -0.2) is 11.1 Å². The van der Waals surface area contributed by atoms with Crippen molar-refractivity contribution in [2.75, 3.05) is 0 Å². The first kappa shape index (κ1) is 14.1. The summed E-state index contributed by atoms with van der Waals surface area (Å²) in [5, 5.41) is 9.20. The molecule has 20 heavy (non-hydrogen) atoms. The fraction of sp³-hybridized carbons (Fsp3) is 0.167. The minimum absolute atomic E-state index is 0.404. The second kappa shape index (κ2) is 6.71. The first-order valence-corrected chi connectivity index (χ1v) is 6.69. The lowest BCUT2D eigenvalue weighted by Crippen LogP contribution is -2.15. The summed E-state index contributed by atoms with van der Waals surface area (Å²) in [6.07, 6.45) is 2.69. The molecule has 1 unspecified atom stereocenters. The Hall–Kier alpha value is -2.35. The smallest absolute Gasteiger partial charge is 0.307 e. The third-order valence-electron chi connectivity index (χ3n) is 3.32. The molecule has 0 bridgehead atoms. The zero-order chi connectivity index (χ0) is 14.4. The molecule has 0 fully saturated rings. The van der Waals surface area contributed by atoms with Gasteiger partial charge in [0.25, 0.3) is 0 Å². The molecule has 2 heteroatoms. The summed E-state index contributed by atoms with van der Waals surface area (Å²) in [6, 6.07) is 18.2. The van der Waals surface area contributed by atoms with Crippen molar-refractivity contribution in [1.29, 1.82) is 0 Å². The van der Waals surface area contributed by atoms with Crippen LogP contribution in [0.2, 0.25) is 0 Å². The molecule has 2 rings (SSSR count). The maximum atomic E-state index is 11.2. The van der Waals surface area contributed by atoms with Gasteiger partial charge in [-0.05, 0) is 29.5 Å². The van der Waals surface area contributed by atoms with Gasteiger partial charge in [0, 0.05) is 0 Å². The van der Waals surface area contributed by atoms with Gasteiger partial charge in [-0.2, -0.15) is 0 Å². The van der Waals surface area contributed by atoms with Crippen LogP contribution in [0.15, 0.2) is 67.3 Å². The monoisotopic (exact) mass is 266 g/mol. The summed E-state index contributed by atoms with van der Waals surface area (Å²) in [5.74, 6) is -1.17. The molecule has 0 radical (unpaired) electrons. The number of carbonyl (C=O) groups is 1. The van der Waals surface area contributed by atoms with Gasteiger partial charge < -0.3 is 5.11 Å². The van der Waals surface area contributed by atoms with Gasteiger partial charge in [-0.1, -0.05) is 60.7 Å². The molecule has 1 N–H and O–H groups in total. The highest BCUT2D eigenvalue weighted by Gasteiger charge is 2.16. The van der Waals surface area contributed by atoms with E-state index in [0.717, 1.165) is 16.7 Å². The summed E-state index contributed by atoms with van der Waals surface area (Å²) >= 11 is 0. The number of benzene rings is 2. The predicted octanol–water partition coefficient (Wildman–Crippen LogP) is 4.17. The van der Waals surface area contributed by atoms with Crippen LogP contribution < -0.4 is 0 Å². The molecule has 0 aliphatic rings. The molecule has 2 aromatic rings. The Labute approximate surface area is 119 Å². The molecular weight excluding hydrogens is 248 g/mol. The fourth-order valence-electron chi connectivity index (χ4n) is 2.27. The molecule has 1 atom stereocenters. The minimum Gasteiger partial charge on any atom is -0.481 e. The van der Waals surface area contributed by atoms with Gasteiger partial charge in [-0.15, -0.1) is 6.58 Å². The number of carboxylic acids is 1. The lowest BCUT2D eigenvalue weighted by atomic mass is 9.94. The molecule has 0 amide bonds. The molecular formula is C18H18O2. The molecule has 0 aliphatic heterocycles. The first-order valence-electron chi connectivity index (χ1n) is 6.69. The number of hydrogen-bond donors (Lipinski definition) is 1. The van der Waals surface area contributed by atoms with Gasteiger partial charge in [-0.3, -0.25) is 4.79 Å². The third kappa shape index (κ3) is 3.58. The van der Waals surface area contributed by atoms with Crippen LogP contribution in [-0.2, 0) is 11.2 Å². The van der Waals surface area contributed by atoms with Crippen molar-refractivity contribution >= 4 is 5.97 Å². The van der Waals surface area contributed by atoms with E-state index in [1.54, 1.807) is 6.08 Å². The van der Waals surface area contributed by atoms with Crippen molar-refractivity contribution in [1.82, 2.24) is 0 Å². The molecule has 0 saturated heterocycles. The van der Waals surface area contributed by atoms with Gasteiger partial charge >= 0.3 is 5.97 Å². The summed E-state index contributed by atoms with van der Waals surface area (Å²) in [7, 11) is 0. The quantitative estimate of drug-likeness (QED) is 0.797. The summed E-state index contributed by atoms with van der Waals surface area (Å²) in [4.78, 5) is 11.2. The molecule has 102 valence electrons. The van der Waals surface area contributed by atoms with E-state index < -0.39 is 11.9 Å². The molecule has 2 aromatic carbocycles. The van der Waals surface area contributed by atoms with Crippen molar-refractivity contribution in [2.45, 2.75) is 12.8 Å².